The highest BCUT2D eigenvalue weighted by Crippen LogP contribution is 2.27. The van der Waals surface area contributed by atoms with E-state index >= 15 is 0 Å². The maximum Gasteiger partial charge on any atom is 0.393 e. The Bertz CT molecular complexity index is 1640. The zero-order valence-corrected chi connectivity index (χ0v) is 25.1. The number of nitrogens with one attached hydrogen (secondary N) is 1. The Hall–Kier alpha value is -4.42. The van der Waals surface area contributed by atoms with E-state index in [9.17, 15) is 22.8 Å². The summed E-state index contributed by atoms with van der Waals surface area (Å²) in [4.78, 5) is 41.0. The maximum atomic E-state index is 13.5. The first-order valence-electron chi connectivity index (χ1n) is 14.0. The summed E-state index contributed by atoms with van der Waals surface area (Å²) in [5.74, 6) is -0.484. The van der Waals surface area contributed by atoms with Crippen LogP contribution in [-0.2, 0) is 29.4 Å². The molecular formula is C30H36F3N7O3. The van der Waals surface area contributed by atoms with Gasteiger partial charge in [-0.1, -0.05) is 12.1 Å². The van der Waals surface area contributed by atoms with E-state index in [2.05, 4.69) is 20.3 Å². The van der Waals surface area contributed by atoms with Crippen molar-refractivity contribution in [3.63, 3.8) is 0 Å². The van der Waals surface area contributed by atoms with Crippen molar-refractivity contribution < 1.29 is 22.7 Å². The topological polar surface area (TPSA) is 107 Å². The zero-order chi connectivity index (χ0) is 31.5. The molecule has 1 aromatic carbocycles. The second-order valence-electron chi connectivity index (χ2n) is 11.1. The van der Waals surface area contributed by atoms with Gasteiger partial charge in [0.2, 0.25) is 5.95 Å². The van der Waals surface area contributed by atoms with Crippen LogP contribution in [-0.4, -0.2) is 61.0 Å². The number of imidazole rings is 1. The molecule has 1 N–H and O–H groups in total. The molecule has 0 aliphatic heterocycles. The van der Waals surface area contributed by atoms with Gasteiger partial charge in [0.05, 0.1) is 17.6 Å². The Kier molecular flexibility index (Phi) is 9.12. The predicted molar refractivity (Wildman–Crippen MR) is 159 cm³/mol. The molecule has 4 aromatic rings. The van der Waals surface area contributed by atoms with E-state index in [0.717, 1.165) is 6.20 Å². The maximum absolute atomic E-state index is 13.5. The average molecular weight is 600 g/mol. The summed E-state index contributed by atoms with van der Waals surface area (Å²) >= 11 is 0. The number of fused-ring (bicyclic) bond motifs is 1. The van der Waals surface area contributed by atoms with Crippen LogP contribution in [0.25, 0.3) is 16.9 Å². The van der Waals surface area contributed by atoms with Gasteiger partial charge in [0.25, 0.3) is 0 Å². The molecule has 43 heavy (non-hydrogen) atoms. The number of hydrogen-bond donors (Lipinski definition) is 1. The van der Waals surface area contributed by atoms with Crippen LogP contribution in [0.4, 0.5) is 24.9 Å². The van der Waals surface area contributed by atoms with Gasteiger partial charge in [-0.15, -0.1) is 0 Å². The Morgan fingerprint density at radius 3 is 2.35 bits per heavy atom. The quantitative estimate of drug-likeness (QED) is 0.259. The lowest BCUT2D eigenvalue weighted by Gasteiger charge is -2.26. The fraction of sp³-hybridized carbons (Fsp3) is 0.433. The van der Waals surface area contributed by atoms with Crippen molar-refractivity contribution in [2.45, 2.75) is 65.3 Å². The zero-order valence-electron chi connectivity index (χ0n) is 25.1. The molecule has 3 heterocycles. The van der Waals surface area contributed by atoms with Crippen LogP contribution in [0.3, 0.4) is 0 Å². The number of anilines is 2. The Morgan fingerprint density at radius 2 is 1.74 bits per heavy atom. The van der Waals surface area contributed by atoms with E-state index in [1.165, 1.54) is 9.13 Å². The number of carbonyl (C=O) groups is 1. The highest BCUT2D eigenvalue weighted by Gasteiger charge is 2.32. The minimum Gasteiger partial charge on any atom is -0.458 e. The fourth-order valence-electron chi connectivity index (χ4n) is 4.67. The molecule has 4 rings (SSSR count). The molecule has 10 nitrogen and oxygen atoms in total. The number of hydrogen-bond acceptors (Lipinski definition) is 8. The van der Waals surface area contributed by atoms with Crippen LogP contribution in [0.1, 0.15) is 45.7 Å². The lowest BCUT2D eigenvalue weighted by molar-refractivity contribution is -0.155. The number of benzene rings is 1. The van der Waals surface area contributed by atoms with Crippen molar-refractivity contribution >= 4 is 28.9 Å². The van der Waals surface area contributed by atoms with Gasteiger partial charge in [0, 0.05) is 44.5 Å². The second-order valence-corrected chi connectivity index (χ2v) is 11.1. The van der Waals surface area contributed by atoms with E-state index in [0.29, 0.717) is 35.5 Å². The van der Waals surface area contributed by atoms with Gasteiger partial charge < -0.3 is 15.0 Å². The number of aromatic nitrogens is 5. The highest BCUT2D eigenvalue weighted by atomic mass is 19.4. The number of alkyl halides is 3. The van der Waals surface area contributed by atoms with Gasteiger partial charge in [-0.25, -0.2) is 24.1 Å². The minimum absolute atomic E-state index is 0.0773. The number of halogens is 3. The summed E-state index contributed by atoms with van der Waals surface area (Å²) in [6, 6.07) is 9.45. The molecule has 3 aromatic heterocycles. The van der Waals surface area contributed by atoms with Crippen LogP contribution in [0, 0.1) is 0 Å². The molecule has 0 amide bonds. The van der Waals surface area contributed by atoms with Crippen LogP contribution in [0.15, 0.2) is 53.6 Å². The molecule has 0 aliphatic carbocycles. The average Bonchev–Trinajstić information content (AvgIpc) is 3.18. The molecule has 0 fully saturated rings. The van der Waals surface area contributed by atoms with Crippen LogP contribution in [0.5, 0.6) is 0 Å². The molecule has 0 bridgehead atoms. The third-order valence-electron chi connectivity index (χ3n) is 6.74. The first kappa shape index (κ1) is 31.5. The van der Waals surface area contributed by atoms with E-state index in [1.54, 1.807) is 75.3 Å². The Balaban J connectivity index is 1.70. The predicted octanol–water partition coefficient (Wildman–Crippen LogP) is 4.83. The molecule has 0 saturated carbocycles. The van der Waals surface area contributed by atoms with Crippen molar-refractivity contribution in [1.82, 2.24) is 24.1 Å². The first-order valence-corrected chi connectivity index (χ1v) is 14.0. The molecular weight excluding hydrogens is 563 g/mol. The van der Waals surface area contributed by atoms with Gasteiger partial charge in [0.1, 0.15) is 17.5 Å². The summed E-state index contributed by atoms with van der Waals surface area (Å²) in [6.07, 6.45) is -2.95. The summed E-state index contributed by atoms with van der Waals surface area (Å²) < 4.78 is 49.0. The number of aryl methyl sites for hydroxylation is 1. The largest absolute Gasteiger partial charge is 0.458 e. The number of pyridine rings is 1. The number of nitrogens with zero attached hydrogens (tertiary/aromatic N) is 6. The molecule has 1 atom stereocenters. The van der Waals surface area contributed by atoms with Gasteiger partial charge in [0.15, 0.2) is 5.65 Å². The van der Waals surface area contributed by atoms with Gasteiger partial charge in [-0.3, -0.25) is 4.57 Å². The molecule has 13 heteroatoms. The SMILES string of the molecule is CCN(CC)c1ncc(CC(F)(F)F)c(NC(Cc2ccc(-n3c(=O)n(C)c4cccnc43)cc2)C(=O)OC(C)(C)C)n1. The summed E-state index contributed by atoms with van der Waals surface area (Å²) in [6.45, 7) is 10.0. The normalized spacial score (nSPS) is 12.8. The third kappa shape index (κ3) is 7.51. The van der Waals surface area contributed by atoms with Crippen LogP contribution >= 0.6 is 0 Å². The van der Waals surface area contributed by atoms with Gasteiger partial charge in [-0.05, 0) is 64.4 Å². The van der Waals surface area contributed by atoms with Crippen molar-refractivity contribution in [3.05, 3.63) is 70.4 Å². The van der Waals surface area contributed by atoms with E-state index in [-0.39, 0.29) is 29.4 Å². The van der Waals surface area contributed by atoms with Crippen LogP contribution in [0.2, 0.25) is 0 Å². The standard InChI is InChI=1S/C30H36F3N7O3/c1-7-39(8-2)27-35-18-20(17-30(31,32)33)24(37-27)36-22(26(41)43-29(3,4)5)16-19-11-13-21(14-12-19)40-25-23(10-9-15-34-25)38(6)28(40)42/h9-15,18,22H,7-8,16-17H2,1-6H3,(H,35,36,37). The Labute approximate surface area is 247 Å². The van der Waals surface area contributed by atoms with Crippen LogP contribution < -0.4 is 15.9 Å². The number of rotatable bonds is 10. The fourth-order valence-corrected chi connectivity index (χ4v) is 4.67. The van der Waals surface area contributed by atoms with E-state index in [1.807, 2.05) is 13.8 Å². The number of esters is 1. The van der Waals surface area contributed by atoms with Crippen molar-refractivity contribution in [1.29, 1.82) is 0 Å². The monoisotopic (exact) mass is 599 g/mol. The summed E-state index contributed by atoms with van der Waals surface area (Å²) in [5, 5.41) is 2.95. The summed E-state index contributed by atoms with van der Waals surface area (Å²) in [7, 11) is 1.67. The van der Waals surface area contributed by atoms with Crippen molar-refractivity contribution in [3.8, 4) is 5.69 Å². The Morgan fingerprint density at radius 1 is 1.07 bits per heavy atom. The molecule has 230 valence electrons. The lowest BCUT2D eigenvalue weighted by Crippen LogP contribution is -2.39. The molecule has 0 saturated heterocycles. The van der Waals surface area contributed by atoms with E-state index < -0.39 is 30.2 Å². The van der Waals surface area contributed by atoms with Crippen molar-refractivity contribution in [2.75, 3.05) is 23.3 Å². The summed E-state index contributed by atoms with van der Waals surface area (Å²) in [5.41, 5.74) is 1.15. The molecule has 0 spiro atoms. The highest BCUT2D eigenvalue weighted by molar-refractivity contribution is 5.80. The first-order chi connectivity index (χ1) is 20.2. The van der Waals surface area contributed by atoms with Gasteiger partial charge in [-0.2, -0.15) is 18.2 Å². The lowest BCUT2D eigenvalue weighted by atomic mass is 10.0. The second kappa shape index (κ2) is 12.4. The molecule has 0 radical (unpaired) electrons. The number of ether oxygens (including phenoxy) is 1. The number of carbonyl (C=O) groups excluding carboxylic acids is 1. The molecule has 0 aliphatic rings. The van der Waals surface area contributed by atoms with E-state index in [4.69, 9.17) is 4.74 Å². The van der Waals surface area contributed by atoms with Crippen molar-refractivity contribution in [2.24, 2.45) is 7.05 Å². The third-order valence-corrected chi connectivity index (χ3v) is 6.74. The molecule has 1 unspecified atom stereocenters. The smallest absolute Gasteiger partial charge is 0.393 e. The minimum atomic E-state index is -4.51. The van der Waals surface area contributed by atoms with Gasteiger partial charge >= 0.3 is 17.8 Å².